The molecule has 34 heavy (non-hydrogen) atoms. The smallest absolute Gasteiger partial charge is 0.0436 e. The molecule has 0 N–H and O–H groups in total. The van der Waals surface area contributed by atoms with Gasteiger partial charge in [0.15, 0.2) is 0 Å². The van der Waals surface area contributed by atoms with Gasteiger partial charge in [-0.2, -0.15) is 0 Å². The van der Waals surface area contributed by atoms with Crippen LogP contribution < -0.4 is 0 Å². The Balaban J connectivity index is 1.90. The van der Waals surface area contributed by atoms with E-state index in [1.165, 1.54) is 60.2 Å². The molecule has 0 unspecified atom stereocenters. The van der Waals surface area contributed by atoms with Gasteiger partial charge in [-0.3, -0.25) is 0 Å². The average molecular weight is 453 g/mol. The number of benzene rings is 5. The summed E-state index contributed by atoms with van der Waals surface area (Å²) in [5.74, 6) is 0. The van der Waals surface area contributed by atoms with Crippen molar-refractivity contribution in [2.24, 2.45) is 0 Å². The van der Waals surface area contributed by atoms with E-state index in [1.54, 1.807) is 0 Å². The van der Waals surface area contributed by atoms with Gasteiger partial charge in [0.1, 0.15) is 0 Å². The van der Waals surface area contributed by atoms with Crippen LogP contribution in [0, 0.1) is 6.92 Å². The third-order valence-electron chi connectivity index (χ3n) is 6.45. The molecule has 0 saturated carbocycles. The summed E-state index contributed by atoms with van der Waals surface area (Å²) in [4.78, 5) is 0. The van der Waals surface area contributed by atoms with Crippen LogP contribution >= 0.6 is 11.3 Å². The summed E-state index contributed by atoms with van der Waals surface area (Å²) in [5, 5.41) is 3.67. The van der Waals surface area contributed by atoms with E-state index in [9.17, 15) is 0 Å². The molecule has 0 radical (unpaired) electrons. The number of thiophene rings is 1. The lowest BCUT2D eigenvalue weighted by molar-refractivity contribution is 1.55. The van der Waals surface area contributed by atoms with E-state index in [0.717, 1.165) is 0 Å². The topological polar surface area (TPSA) is 0 Å². The van der Waals surface area contributed by atoms with E-state index in [1.807, 2.05) is 11.3 Å². The quantitative estimate of drug-likeness (QED) is 0.250. The highest BCUT2D eigenvalue weighted by molar-refractivity contribution is 7.18. The minimum absolute atomic E-state index is 1.24. The predicted molar refractivity (Wildman–Crippen MR) is 148 cm³/mol. The molecule has 6 aromatic rings. The van der Waals surface area contributed by atoms with Gasteiger partial charge in [-0.15, -0.1) is 11.3 Å². The van der Waals surface area contributed by atoms with E-state index in [4.69, 9.17) is 0 Å². The van der Waals surface area contributed by atoms with Crippen LogP contribution in [0.1, 0.15) is 5.56 Å². The second-order valence-corrected chi connectivity index (χ2v) is 9.47. The van der Waals surface area contributed by atoms with Crippen molar-refractivity contribution in [1.82, 2.24) is 0 Å². The van der Waals surface area contributed by atoms with Crippen molar-refractivity contribution < 1.29 is 0 Å². The fraction of sp³-hybridized carbons (Fsp3) is 0.0303. The molecule has 162 valence electrons. The Morgan fingerprint density at radius 2 is 0.765 bits per heavy atom. The Kier molecular flexibility index (Phi) is 5.33. The fourth-order valence-corrected chi connectivity index (χ4v) is 6.12. The van der Waals surface area contributed by atoms with Gasteiger partial charge < -0.3 is 0 Å². The lowest BCUT2D eigenvalue weighted by Crippen LogP contribution is -1.96. The van der Waals surface area contributed by atoms with Crippen molar-refractivity contribution in [3.63, 3.8) is 0 Å². The highest BCUT2D eigenvalue weighted by Crippen LogP contribution is 2.52. The number of aryl methyl sites for hydroxylation is 1. The van der Waals surface area contributed by atoms with Gasteiger partial charge in [-0.25, -0.2) is 0 Å². The van der Waals surface area contributed by atoms with Crippen LogP contribution in [0.15, 0.2) is 127 Å². The molecule has 1 heterocycles. The third kappa shape index (κ3) is 3.46. The number of rotatable bonds is 4. The van der Waals surface area contributed by atoms with E-state index >= 15 is 0 Å². The summed E-state index contributed by atoms with van der Waals surface area (Å²) in [6, 6.07) is 43.5. The van der Waals surface area contributed by atoms with Crippen LogP contribution in [0.3, 0.4) is 0 Å². The molecular weight excluding hydrogens is 428 g/mol. The van der Waals surface area contributed by atoms with Crippen molar-refractivity contribution in [2.75, 3.05) is 0 Å². The first kappa shape index (κ1) is 20.7. The van der Waals surface area contributed by atoms with Crippen molar-refractivity contribution in [3.05, 3.63) is 132 Å². The van der Waals surface area contributed by atoms with E-state index in [2.05, 4.69) is 134 Å². The standard InChI is InChI=1S/C33H24S/c1-23-22-34-33-28(23)29(24-14-6-2-7-15-24)30(25-16-8-3-9-17-25)31(26-18-10-4-11-19-26)32(33)27-20-12-5-13-21-27/h2-22H,1H3. The maximum Gasteiger partial charge on any atom is 0.0436 e. The van der Waals surface area contributed by atoms with Crippen LogP contribution in [-0.2, 0) is 0 Å². The van der Waals surface area contributed by atoms with Gasteiger partial charge in [0.2, 0.25) is 0 Å². The first-order valence-electron chi connectivity index (χ1n) is 11.6. The second-order valence-electron chi connectivity index (χ2n) is 8.59. The molecule has 0 spiro atoms. The van der Waals surface area contributed by atoms with Gasteiger partial charge in [0, 0.05) is 15.6 Å². The van der Waals surface area contributed by atoms with Gasteiger partial charge in [-0.1, -0.05) is 121 Å². The molecule has 0 saturated heterocycles. The molecule has 0 aliphatic rings. The van der Waals surface area contributed by atoms with Gasteiger partial charge in [0.05, 0.1) is 0 Å². The van der Waals surface area contributed by atoms with Crippen molar-refractivity contribution in [2.45, 2.75) is 6.92 Å². The third-order valence-corrected chi connectivity index (χ3v) is 7.57. The Labute approximate surface area is 204 Å². The summed E-state index contributed by atoms with van der Waals surface area (Å²) in [5.41, 5.74) is 11.5. The van der Waals surface area contributed by atoms with E-state index in [-0.39, 0.29) is 0 Å². The largest absolute Gasteiger partial charge is 0.143 e. The minimum atomic E-state index is 1.24. The number of fused-ring (bicyclic) bond motifs is 1. The fourth-order valence-electron chi connectivity index (χ4n) is 4.99. The zero-order valence-corrected chi connectivity index (χ0v) is 19.8. The summed E-state index contributed by atoms with van der Waals surface area (Å²) in [6.45, 7) is 2.25. The minimum Gasteiger partial charge on any atom is -0.143 e. The summed E-state index contributed by atoms with van der Waals surface area (Å²) >= 11 is 1.86. The Morgan fingerprint density at radius 1 is 0.412 bits per heavy atom. The van der Waals surface area contributed by atoms with Crippen LogP contribution in [-0.4, -0.2) is 0 Å². The maximum absolute atomic E-state index is 2.31. The molecule has 0 amide bonds. The number of hydrogen-bond donors (Lipinski definition) is 0. The molecule has 0 aliphatic carbocycles. The first-order valence-corrected chi connectivity index (χ1v) is 12.5. The van der Waals surface area contributed by atoms with E-state index in [0.29, 0.717) is 0 Å². The lowest BCUT2D eigenvalue weighted by Gasteiger charge is -2.23. The molecule has 0 bridgehead atoms. The summed E-state index contributed by atoms with van der Waals surface area (Å²) in [6.07, 6.45) is 0. The normalized spacial score (nSPS) is 11.1. The predicted octanol–water partition coefficient (Wildman–Crippen LogP) is 9.88. The Morgan fingerprint density at radius 3 is 1.21 bits per heavy atom. The molecule has 0 nitrogen and oxygen atoms in total. The van der Waals surface area contributed by atoms with Gasteiger partial charge >= 0.3 is 0 Å². The highest BCUT2D eigenvalue weighted by Gasteiger charge is 2.25. The Hall–Kier alpha value is -3.94. The van der Waals surface area contributed by atoms with Crippen molar-refractivity contribution >= 4 is 21.4 Å². The van der Waals surface area contributed by atoms with Gasteiger partial charge in [0.25, 0.3) is 0 Å². The van der Waals surface area contributed by atoms with E-state index < -0.39 is 0 Å². The van der Waals surface area contributed by atoms with Gasteiger partial charge in [-0.05, 0) is 56.8 Å². The summed E-state index contributed by atoms with van der Waals surface area (Å²) in [7, 11) is 0. The zero-order valence-electron chi connectivity index (χ0n) is 19.0. The van der Waals surface area contributed by atoms with Crippen molar-refractivity contribution in [1.29, 1.82) is 0 Å². The molecule has 0 aliphatic heterocycles. The molecule has 0 fully saturated rings. The highest BCUT2D eigenvalue weighted by atomic mass is 32.1. The molecule has 5 aromatic carbocycles. The van der Waals surface area contributed by atoms with Crippen LogP contribution in [0.2, 0.25) is 0 Å². The lowest BCUT2D eigenvalue weighted by atomic mass is 9.80. The van der Waals surface area contributed by atoms with Crippen LogP contribution in [0.4, 0.5) is 0 Å². The molecule has 0 atom stereocenters. The SMILES string of the molecule is Cc1csc2c(-c3ccccc3)c(-c3ccccc3)c(-c3ccccc3)c(-c3ccccc3)c12. The molecule has 6 rings (SSSR count). The second kappa shape index (κ2) is 8.78. The average Bonchev–Trinajstić information content (AvgIpc) is 3.30. The molecule has 1 heteroatoms. The molecular formula is C33H24S. The maximum atomic E-state index is 2.31. The monoisotopic (exact) mass is 452 g/mol. The summed E-state index contributed by atoms with van der Waals surface area (Å²) < 4.78 is 1.35. The van der Waals surface area contributed by atoms with Crippen molar-refractivity contribution in [3.8, 4) is 44.5 Å². The number of hydrogen-bond acceptors (Lipinski definition) is 1. The molecule has 1 aromatic heterocycles. The van der Waals surface area contributed by atoms with Crippen LogP contribution in [0.5, 0.6) is 0 Å². The Bertz CT molecular complexity index is 1560. The van der Waals surface area contributed by atoms with Crippen LogP contribution in [0.25, 0.3) is 54.6 Å². The zero-order chi connectivity index (χ0) is 22.9. The first-order chi connectivity index (χ1) is 16.8.